The molecular formula is C22H17ClN4O6S2. The second kappa shape index (κ2) is 11.1. The lowest BCUT2D eigenvalue weighted by Gasteiger charge is -2.11. The molecule has 1 N–H and O–H groups in total. The predicted molar refractivity (Wildman–Crippen MR) is 129 cm³/mol. The third-order valence-corrected chi connectivity index (χ3v) is 6.93. The molecule has 0 radical (unpaired) electrons. The number of amides is 1. The van der Waals surface area contributed by atoms with Crippen molar-refractivity contribution in [2.45, 2.75) is 11.3 Å². The number of anilines is 1. The van der Waals surface area contributed by atoms with Gasteiger partial charge >= 0.3 is 5.97 Å². The van der Waals surface area contributed by atoms with E-state index >= 15 is 0 Å². The summed E-state index contributed by atoms with van der Waals surface area (Å²) in [5, 5.41) is 19.3. The molecule has 13 heteroatoms. The molecule has 3 rings (SSSR count). The molecule has 0 unspecified atom stereocenters. The molecule has 35 heavy (non-hydrogen) atoms. The van der Waals surface area contributed by atoms with E-state index in [9.17, 15) is 23.3 Å². The summed E-state index contributed by atoms with van der Waals surface area (Å²) < 4.78 is 33.8. The first-order chi connectivity index (χ1) is 16.6. The second-order valence-electron chi connectivity index (χ2n) is 6.80. The predicted octanol–water partition coefficient (Wildman–Crippen LogP) is 3.76. The zero-order valence-electron chi connectivity index (χ0n) is 18.3. The van der Waals surface area contributed by atoms with Gasteiger partial charge in [-0.2, -0.15) is 5.26 Å². The molecule has 1 heterocycles. The van der Waals surface area contributed by atoms with Crippen molar-refractivity contribution in [3.8, 4) is 17.6 Å². The van der Waals surface area contributed by atoms with E-state index in [1.165, 1.54) is 36.4 Å². The van der Waals surface area contributed by atoms with Gasteiger partial charge in [-0.25, -0.2) is 13.2 Å². The van der Waals surface area contributed by atoms with Crippen LogP contribution in [0.5, 0.6) is 11.5 Å². The van der Waals surface area contributed by atoms with Crippen LogP contribution < -0.4 is 14.8 Å². The van der Waals surface area contributed by atoms with Crippen molar-refractivity contribution in [1.29, 1.82) is 5.26 Å². The van der Waals surface area contributed by atoms with E-state index in [4.69, 9.17) is 21.1 Å². The molecule has 1 aromatic heterocycles. The Bertz CT molecular complexity index is 1440. The molecule has 3 aromatic rings. The quantitative estimate of drug-likeness (QED) is 0.150. The normalized spacial score (nSPS) is 11.4. The molecule has 0 saturated carbocycles. The van der Waals surface area contributed by atoms with Crippen molar-refractivity contribution in [2.75, 3.05) is 18.2 Å². The van der Waals surface area contributed by atoms with Crippen LogP contribution in [-0.2, 0) is 14.6 Å². The number of hydrogen-bond donors (Lipinski definition) is 1. The fourth-order valence-electron chi connectivity index (χ4n) is 2.60. The summed E-state index contributed by atoms with van der Waals surface area (Å²) in [5.74, 6) is -1.05. The lowest BCUT2D eigenvalue weighted by molar-refractivity contribution is -0.112. The van der Waals surface area contributed by atoms with Crippen LogP contribution in [0.25, 0.3) is 6.08 Å². The van der Waals surface area contributed by atoms with Gasteiger partial charge in [-0.15, -0.1) is 10.2 Å². The number of halogens is 1. The highest BCUT2D eigenvalue weighted by Gasteiger charge is 2.18. The van der Waals surface area contributed by atoms with E-state index in [1.807, 2.05) is 0 Å². The maximum absolute atomic E-state index is 12.5. The smallest absolute Gasteiger partial charge is 0.343 e. The van der Waals surface area contributed by atoms with Gasteiger partial charge in [-0.1, -0.05) is 29.0 Å². The Morgan fingerprint density at radius 1 is 1.17 bits per heavy atom. The fourth-order valence-corrected chi connectivity index (χ4v) is 4.23. The SMILES string of the molecule is CCOc1cc(C=C(C#N)C(=O)Nc2nnc(S(C)(=O)=O)s2)ccc1OC(=O)c1ccc(Cl)cc1. The largest absolute Gasteiger partial charge is 0.490 e. The number of rotatable bonds is 8. The Hall–Kier alpha value is -3.79. The topological polar surface area (TPSA) is 148 Å². The minimum atomic E-state index is -3.58. The summed E-state index contributed by atoms with van der Waals surface area (Å²) in [6.45, 7) is 2.01. The molecule has 0 aliphatic heterocycles. The highest BCUT2D eigenvalue weighted by Crippen LogP contribution is 2.30. The van der Waals surface area contributed by atoms with E-state index in [0.717, 1.165) is 6.26 Å². The number of carbonyl (C=O) groups is 2. The fraction of sp³-hybridized carbons (Fsp3) is 0.136. The second-order valence-corrected chi connectivity index (χ2v) is 10.4. The van der Waals surface area contributed by atoms with Gasteiger partial charge in [0.25, 0.3) is 5.91 Å². The number of ether oxygens (including phenoxy) is 2. The third-order valence-electron chi connectivity index (χ3n) is 4.17. The Labute approximate surface area is 209 Å². The Morgan fingerprint density at radius 3 is 2.49 bits per heavy atom. The average Bonchev–Trinajstić information content (AvgIpc) is 3.28. The van der Waals surface area contributed by atoms with Gasteiger partial charge in [0.1, 0.15) is 11.6 Å². The van der Waals surface area contributed by atoms with Crippen molar-refractivity contribution in [1.82, 2.24) is 10.2 Å². The molecule has 0 bridgehead atoms. The zero-order valence-corrected chi connectivity index (χ0v) is 20.7. The van der Waals surface area contributed by atoms with Crippen LogP contribution in [0.3, 0.4) is 0 Å². The van der Waals surface area contributed by atoms with Gasteiger partial charge in [0, 0.05) is 11.3 Å². The van der Waals surface area contributed by atoms with E-state index in [-0.39, 0.29) is 33.2 Å². The number of carbonyl (C=O) groups excluding carboxylic acids is 2. The lowest BCUT2D eigenvalue weighted by Crippen LogP contribution is -2.13. The summed E-state index contributed by atoms with van der Waals surface area (Å²) in [6, 6.07) is 12.5. The number of nitrogens with zero attached hydrogens (tertiary/aromatic N) is 3. The Morgan fingerprint density at radius 2 is 1.89 bits per heavy atom. The molecule has 0 saturated heterocycles. The van der Waals surface area contributed by atoms with Crippen LogP contribution in [0, 0.1) is 11.3 Å². The van der Waals surface area contributed by atoms with E-state index in [1.54, 1.807) is 25.1 Å². The first kappa shape index (κ1) is 25.8. The summed E-state index contributed by atoms with van der Waals surface area (Å²) in [7, 11) is -3.58. The van der Waals surface area contributed by atoms with Gasteiger partial charge in [0.05, 0.1) is 12.2 Å². The van der Waals surface area contributed by atoms with E-state index in [0.29, 0.717) is 27.5 Å². The van der Waals surface area contributed by atoms with Crippen LogP contribution in [0.4, 0.5) is 5.13 Å². The maximum atomic E-state index is 12.5. The van der Waals surface area contributed by atoms with Crippen LogP contribution >= 0.6 is 22.9 Å². The Kier molecular flexibility index (Phi) is 8.18. The van der Waals surface area contributed by atoms with Crippen molar-refractivity contribution < 1.29 is 27.5 Å². The van der Waals surface area contributed by atoms with Gasteiger partial charge in [-0.3, -0.25) is 10.1 Å². The number of nitrogens with one attached hydrogen (secondary N) is 1. The molecule has 0 atom stereocenters. The van der Waals surface area contributed by atoms with Crippen molar-refractivity contribution in [2.24, 2.45) is 0 Å². The zero-order chi connectivity index (χ0) is 25.6. The van der Waals surface area contributed by atoms with Crippen molar-refractivity contribution in [3.63, 3.8) is 0 Å². The van der Waals surface area contributed by atoms with Gasteiger partial charge in [0.15, 0.2) is 11.5 Å². The highest BCUT2D eigenvalue weighted by atomic mass is 35.5. The summed E-state index contributed by atoms with van der Waals surface area (Å²) in [5.41, 5.74) is 0.426. The van der Waals surface area contributed by atoms with Crippen LogP contribution in [0.15, 0.2) is 52.4 Å². The number of benzene rings is 2. The average molecular weight is 533 g/mol. The molecule has 0 spiro atoms. The molecule has 0 aliphatic rings. The third kappa shape index (κ3) is 6.86. The minimum Gasteiger partial charge on any atom is -0.490 e. The van der Waals surface area contributed by atoms with E-state index < -0.39 is 21.7 Å². The molecule has 1 amide bonds. The van der Waals surface area contributed by atoms with Crippen LogP contribution in [0.2, 0.25) is 5.02 Å². The summed E-state index contributed by atoms with van der Waals surface area (Å²) in [6.07, 6.45) is 2.26. The lowest BCUT2D eigenvalue weighted by atomic mass is 10.1. The number of nitriles is 1. The van der Waals surface area contributed by atoms with E-state index in [2.05, 4.69) is 15.5 Å². The maximum Gasteiger partial charge on any atom is 0.343 e. The van der Waals surface area contributed by atoms with Crippen LogP contribution in [-0.4, -0.2) is 43.4 Å². The molecule has 10 nitrogen and oxygen atoms in total. The van der Waals surface area contributed by atoms with Crippen LogP contribution in [0.1, 0.15) is 22.8 Å². The molecule has 180 valence electrons. The molecule has 2 aromatic carbocycles. The molecule has 0 fully saturated rings. The highest BCUT2D eigenvalue weighted by molar-refractivity contribution is 7.92. The molecular weight excluding hydrogens is 516 g/mol. The number of sulfone groups is 1. The van der Waals surface area contributed by atoms with Gasteiger partial charge < -0.3 is 9.47 Å². The number of aromatic nitrogens is 2. The van der Waals surface area contributed by atoms with Gasteiger partial charge in [0.2, 0.25) is 19.3 Å². The molecule has 0 aliphatic carbocycles. The van der Waals surface area contributed by atoms with Crippen molar-refractivity contribution in [3.05, 3.63) is 64.2 Å². The minimum absolute atomic E-state index is 0.0731. The Balaban J connectivity index is 1.81. The number of hydrogen-bond acceptors (Lipinski definition) is 10. The van der Waals surface area contributed by atoms with Gasteiger partial charge in [-0.05, 0) is 55.0 Å². The monoisotopic (exact) mass is 532 g/mol. The standard InChI is InChI=1S/C22H17ClN4O6S2/c1-3-32-18-11-13(4-9-17(18)33-20(29)14-5-7-16(23)8-6-14)10-15(12-24)19(28)25-21-26-27-22(34-21)35(2,30)31/h4-11H,3H2,1-2H3,(H,25,26,28). The summed E-state index contributed by atoms with van der Waals surface area (Å²) in [4.78, 5) is 24.9. The summed E-state index contributed by atoms with van der Waals surface area (Å²) >= 11 is 6.50. The number of esters is 1. The first-order valence-corrected chi connectivity index (χ1v) is 12.9. The first-order valence-electron chi connectivity index (χ1n) is 9.82. The van der Waals surface area contributed by atoms with Crippen molar-refractivity contribution >= 4 is 55.9 Å².